The van der Waals surface area contributed by atoms with Crippen molar-refractivity contribution in [2.45, 2.75) is 6.54 Å². The molecule has 1 saturated heterocycles. The van der Waals surface area contributed by atoms with E-state index in [0.717, 1.165) is 5.56 Å². The number of hydrogen-bond acceptors (Lipinski definition) is 3. The van der Waals surface area contributed by atoms with Gasteiger partial charge in [0.1, 0.15) is 0 Å². The Kier molecular flexibility index (Phi) is 6.36. The van der Waals surface area contributed by atoms with Gasteiger partial charge in [-0.1, -0.05) is 18.2 Å². The highest BCUT2D eigenvalue weighted by Gasteiger charge is 2.21. The third kappa shape index (κ3) is 4.84. The zero-order valence-corrected chi connectivity index (χ0v) is 13.8. The Morgan fingerprint density at radius 1 is 1.38 bits per heavy atom. The van der Waals surface area contributed by atoms with Crippen LogP contribution >= 0.6 is 0 Å². The Hall–Kier alpha value is -2.83. The summed E-state index contributed by atoms with van der Waals surface area (Å²) >= 11 is 0. The zero-order valence-electron chi connectivity index (χ0n) is 13.8. The van der Waals surface area contributed by atoms with Crippen LogP contribution < -0.4 is 16.0 Å². The molecule has 7 heteroatoms. The summed E-state index contributed by atoms with van der Waals surface area (Å²) in [7, 11) is 1.70. The first-order chi connectivity index (χ1) is 11.6. The van der Waals surface area contributed by atoms with E-state index in [4.69, 9.17) is 0 Å². The van der Waals surface area contributed by atoms with Gasteiger partial charge in [-0.3, -0.25) is 14.6 Å². The largest absolute Gasteiger partial charge is 0.353 e. The van der Waals surface area contributed by atoms with Crippen LogP contribution in [0.1, 0.15) is 15.9 Å². The highest BCUT2D eigenvalue weighted by Crippen LogP contribution is 2.09. The number of amides is 2. The van der Waals surface area contributed by atoms with Crippen molar-refractivity contribution in [3.05, 3.63) is 48.0 Å². The summed E-state index contributed by atoms with van der Waals surface area (Å²) < 4.78 is 0. The molecule has 24 heavy (non-hydrogen) atoms. The first-order valence-electron chi connectivity index (χ1n) is 7.84. The molecule has 0 spiro atoms. The third-order valence-electron chi connectivity index (χ3n) is 3.62. The second-order valence-electron chi connectivity index (χ2n) is 5.37. The summed E-state index contributed by atoms with van der Waals surface area (Å²) in [5.74, 6) is 0.455. The van der Waals surface area contributed by atoms with Gasteiger partial charge in [-0.05, 0) is 17.7 Å². The lowest BCUT2D eigenvalue weighted by Crippen LogP contribution is -2.49. The van der Waals surface area contributed by atoms with Crippen molar-refractivity contribution in [3.8, 4) is 0 Å². The molecule has 2 amide bonds. The molecule has 7 nitrogen and oxygen atoms in total. The predicted octanol–water partition coefficient (Wildman–Crippen LogP) is 0.110. The van der Waals surface area contributed by atoms with E-state index in [1.54, 1.807) is 30.2 Å². The van der Waals surface area contributed by atoms with Crippen LogP contribution in [0.15, 0.2) is 41.9 Å². The van der Waals surface area contributed by atoms with Crippen LogP contribution in [-0.2, 0) is 11.3 Å². The van der Waals surface area contributed by atoms with Crippen LogP contribution in [0.3, 0.4) is 0 Å². The van der Waals surface area contributed by atoms with Gasteiger partial charge in [-0.25, -0.2) is 0 Å². The summed E-state index contributed by atoms with van der Waals surface area (Å²) in [6.45, 7) is 6.04. The lowest BCUT2D eigenvalue weighted by Gasteiger charge is -2.26. The highest BCUT2D eigenvalue weighted by molar-refractivity contribution is 5.97. The lowest BCUT2D eigenvalue weighted by atomic mass is 10.1. The normalized spacial score (nSPS) is 14.8. The molecule has 1 aromatic carbocycles. The van der Waals surface area contributed by atoms with E-state index in [9.17, 15) is 9.59 Å². The summed E-state index contributed by atoms with van der Waals surface area (Å²) in [5.41, 5.74) is 1.62. The molecule has 128 valence electrons. The number of carbonyl (C=O) groups excluding carboxylic acids is 2. The van der Waals surface area contributed by atoms with Crippen LogP contribution in [0.25, 0.3) is 0 Å². The second-order valence-corrected chi connectivity index (χ2v) is 5.37. The number of benzene rings is 1. The Morgan fingerprint density at radius 2 is 2.12 bits per heavy atom. The van der Waals surface area contributed by atoms with Crippen LogP contribution in [-0.4, -0.2) is 55.9 Å². The molecule has 3 N–H and O–H groups in total. The number of aliphatic imine (C=N–C) groups is 1. The Morgan fingerprint density at radius 3 is 2.75 bits per heavy atom. The van der Waals surface area contributed by atoms with Crippen molar-refractivity contribution >= 4 is 17.8 Å². The van der Waals surface area contributed by atoms with Gasteiger partial charge in [-0.2, -0.15) is 0 Å². The van der Waals surface area contributed by atoms with Crippen molar-refractivity contribution in [1.29, 1.82) is 0 Å². The molecule has 0 radical (unpaired) electrons. The summed E-state index contributed by atoms with van der Waals surface area (Å²) in [5, 5.41) is 8.98. The molecule has 0 saturated carbocycles. The van der Waals surface area contributed by atoms with Crippen LogP contribution in [0, 0.1) is 0 Å². The maximum atomic E-state index is 12.4. The van der Waals surface area contributed by atoms with E-state index < -0.39 is 0 Å². The fourth-order valence-electron chi connectivity index (χ4n) is 2.33. The SMILES string of the molecule is C=CCNC(=NC)NCc1ccc(C(=O)N2CCNC(=O)C2)cc1. The number of nitrogens with zero attached hydrogens (tertiary/aromatic N) is 2. The predicted molar refractivity (Wildman–Crippen MR) is 93.8 cm³/mol. The van der Waals surface area contributed by atoms with Crippen molar-refractivity contribution in [2.75, 3.05) is 33.2 Å². The van der Waals surface area contributed by atoms with E-state index in [1.165, 1.54) is 0 Å². The number of guanidine groups is 1. The van der Waals surface area contributed by atoms with E-state index in [1.807, 2.05) is 12.1 Å². The molecule has 2 rings (SSSR count). The van der Waals surface area contributed by atoms with Gasteiger partial charge < -0.3 is 20.9 Å². The minimum absolute atomic E-state index is 0.117. The van der Waals surface area contributed by atoms with Gasteiger partial charge in [0.05, 0.1) is 6.54 Å². The zero-order chi connectivity index (χ0) is 17.4. The quantitative estimate of drug-likeness (QED) is 0.407. The standard InChI is InChI=1S/C17H23N5O2/c1-3-8-20-17(18-2)21-11-13-4-6-14(7-5-13)16(24)22-10-9-19-15(23)12-22/h3-7H,1,8-12H2,2H3,(H,19,23)(H2,18,20,21). The first-order valence-corrected chi connectivity index (χ1v) is 7.84. The fourth-order valence-corrected chi connectivity index (χ4v) is 2.33. The summed E-state index contributed by atoms with van der Waals surface area (Å²) in [6, 6.07) is 7.35. The monoisotopic (exact) mass is 329 g/mol. The maximum absolute atomic E-state index is 12.4. The number of nitrogens with one attached hydrogen (secondary N) is 3. The van der Waals surface area contributed by atoms with E-state index in [2.05, 4.69) is 27.5 Å². The average Bonchev–Trinajstić information content (AvgIpc) is 2.62. The van der Waals surface area contributed by atoms with Crippen LogP contribution in [0.2, 0.25) is 0 Å². The fraction of sp³-hybridized carbons (Fsp3) is 0.353. The average molecular weight is 329 g/mol. The second kappa shape index (κ2) is 8.71. The molecular formula is C17H23N5O2. The topological polar surface area (TPSA) is 85.8 Å². The third-order valence-corrected chi connectivity index (χ3v) is 3.62. The van der Waals surface area contributed by atoms with Crippen molar-refractivity contribution in [1.82, 2.24) is 20.9 Å². The Labute approximate surface area is 141 Å². The minimum atomic E-state index is -0.118. The van der Waals surface area contributed by atoms with Crippen molar-refractivity contribution in [3.63, 3.8) is 0 Å². The first kappa shape index (κ1) is 17.5. The van der Waals surface area contributed by atoms with E-state index in [-0.39, 0.29) is 18.4 Å². The summed E-state index contributed by atoms with van der Waals surface area (Å²) in [6.07, 6.45) is 1.76. The molecule has 1 aliphatic heterocycles. The van der Waals surface area contributed by atoms with Crippen LogP contribution in [0.5, 0.6) is 0 Å². The molecule has 1 aliphatic rings. The van der Waals surface area contributed by atoms with Gasteiger partial charge in [0.25, 0.3) is 5.91 Å². The van der Waals surface area contributed by atoms with E-state index >= 15 is 0 Å². The summed E-state index contributed by atoms with van der Waals surface area (Å²) in [4.78, 5) is 29.4. The molecule has 0 aliphatic carbocycles. The maximum Gasteiger partial charge on any atom is 0.254 e. The number of piperazine rings is 1. The molecule has 0 atom stereocenters. The van der Waals surface area contributed by atoms with Crippen molar-refractivity contribution in [2.24, 2.45) is 4.99 Å². The van der Waals surface area contributed by atoms with Crippen LogP contribution in [0.4, 0.5) is 0 Å². The van der Waals surface area contributed by atoms with Gasteiger partial charge in [0.15, 0.2) is 5.96 Å². The van der Waals surface area contributed by atoms with Gasteiger partial charge in [0, 0.05) is 38.8 Å². The Bertz CT molecular complexity index is 624. The number of hydrogen-bond donors (Lipinski definition) is 3. The van der Waals surface area contributed by atoms with Crippen molar-refractivity contribution < 1.29 is 9.59 Å². The van der Waals surface area contributed by atoms with Gasteiger partial charge in [-0.15, -0.1) is 6.58 Å². The molecule has 0 bridgehead atoms. The minimum Gasteiger partial charge on any atom is -0.353 e. The molecule has 0 aromatic heterocycles. The molecular weight excluding hydrogens is 306 g/mol. The lowest BCUT2D eigenvalue weighted by molar-refractivity contribution is -0.123. The van der Waals surface area contributed by atoms with Gasteiger partial charge in [0.2, 0.25) is 5.91 Å². The Balaban J connectivity index is 1.91. The smallest absolute Gasteiger partial charge is 0.254 e. The molecule has 0 unspecified atom stereocenters. The van der Waals surface area contributed by atoms with E-state index in [0.29, 0.717) is 37.7 Å². The number of carbonyl (C=O) groups is 2. The molecule has 1 heterocycles. The highest BCUT2D eigenvalue weighted by atomic mass is 16.2. The molecule has 1 aromatic rings. The van der Waals surface area contributed by atoms with Gasteiger partial charge >= 0.3 is 0 Å². The number of rotatable bonds is 5. The molecule has 1 fully saturated rings.